The zero-order valence-electron chi connectivity index (χ0n) is 13.8. The largest absolute Gasteiger partial charge is 0.347 e. The van der Waals surface area contributed by atoms with E-state index in [4.69, 9.17) is 39.3 Å². The number of nitrogens with one attached hydrogen (secondary N) is 2. The van der Waals surface area contributed by atoms with Crippen LogP contribution in [0.3, 0.4) is 0 Å². The third-order valence-corrected chi connectivity index (χ3v) is 6.48. The van der Waals surface area contributed by atoms with Gasteiger partial charge in [0, 0.05) is 42.0 Å². The van der Waals surface area contributed by atoms with Gasteiger partial charge in [-0.1, -0.05) is 17.7 Å². The molecule has 0 radical (unpaired) electrons. The summed E-state index contributed by atoms with van der Waals surface area (Å²) in [6, 6.07) is 5.70. The van der Waals surface area contributed by atoms with Crippen LogP contribution in [0, 0.1) is 0 Å². The minimum Gasteiger partial charge on any atom is -0.306 e. The van der Waals surface area contributed by atoms with Crippen molar-refractivity contribution in [1.29, 1.82) is 0 Å². The van der Waals surface area contributed by atoms with Gasteiger partial charge in [-0.05, 0) is 18.2 Å². The number of benzene rings is 1. The van der Waals surface area contributed by atoms with Crippen molar-refractivity contribution in [2.24, 2.45) is 0 Å². The molecule has 0 aliphatic carbocycles. The van der Waals surface area contributed by atoms with Gasteiger partial charge in [-0.2, -0.15) is 5.06 Å². The number of hydrogen-bond donors (Lipinski definition) is 3. The molecular weight excluding hydrogens is 426 g/mol. The van der Waals surface area contributed by atoms with E-state index in [0.717, 1.165) is 0 Å². The number of hydroxylamine groups is 2. The maximum absolute atomic E-state index is 13.0. The second-order valence-electron chi connectivity index (χ2n) is 5.40. The average molecular weight is 446 g/mol. The van der Waals surface area contributed by atoms with E-state index in [0.29, 0.717) is 15.8 Å². The van der Waals surface area contributed by atoms with Crippen LogP contribution in [0.2, 0.25) is 5.02 Å². The third kappa shape index (κ3) is 5.71. The van der Waals surface area contributed by atoms with Gasteiger partial charge in [-0.15, -0.1) is 23.2 Å². The summed E-state index contributed by atoms with van der Waals surface area (Å²) < 4.78 is 19.9. The molecule has 1 heterocycles. The summed E-state index contributed by atoms with van der Waals surface area (Å²) in [4.78, 5) is 12.3. The van der Waals surface area contributed by atoms with Gasteiger partial charge in [-0.3, -0.25) is 9.77 Å². The van der Waals surface area contributed by atoms with E-state index in [9.17, 15) is 14.6 Å². The first-order valence-electron chi connectivity index (χ1n) is 7.84. The fourth-order valence-corrected chi connectivity index (χ4v) is 5.31. The number of rotatable bonds is 7. The van der Waals surface area contributed by atoms with Gasteiger partial charge in [-0.25, -0.2) is 14.6 Å². The molecule has 2 unspecified atom stereocenters. The Morgan fingerprint density at radius 2 is 2.08 bits per heavy atom. The molecule has 1 saturated heterocycles. The van der Waals surface area contributed by atoms with Crippen LogP contribution in [0.5, 0.6) is 0 Å². The van der Waals surface area contributed by atoms with Crippen LogP contribution in [0.25, 0.3) is 0 Å². The lowest BCUT2D eigenvalue weighted by atomic mass is 10.3. The van der Waals surface area contributed by atoms with Crippen molar-refractivity contribution in [1.82, 2.24) is 14.8 Å². The predicted molar refractivity (Wildman–Crippen MR) is 102 cm³/mol. The molecule has 1 fully saturated rings. The van der Waals surface area contributed by atoms with Crippen molar-refractivity contribution in [3.8, 4) is 0 Å². The molecule has 3 N–H and O–H groups in total. The molecule has 0 saturated carbocycles. The number of anilines is 1. The number of halogens is 3. The van der Waals surface area contributed by atoms with Gasteiger partial charge in [0.25, 0.3) is 0 Å². The molecule has 1 aromatic carbocycles. The van der Waals surface area contributed by atoms with Crippen LogP contribution < -0.4 is 10.4 Å². The predicted octanol–water partition coefficient (Wildman–Crippen LogP) is 3.79. The first-order chi connectivity index (χ1) is 12.4. The van der Waals surface area contributed by atoms with Gasteiger partial charge in [0.1, 0.15) is 6.17 Å². The van der Waals surface area contributed by atoms with Gasteiger partial charge in [0.05, 0.1) is 6.61 Å². The second kappa shape index (κ2) is 10.1. The molecule has 1 aliphatic heterocycles. The maximum atomic E-state index is 13.0. The van der Waals surface area contributed by atoms with Crippen LogP contribution in [0.1, 0.15) is 6.42 Å². The molecule has 1 aromatic rings. The number of carbonyl (C=O) groups is 1. The zero-order valence-corrected chi connectivity index (χ0v) is 16.9. The van der Waals surface area contributed by atoms with Crippen molar-refractivity contribution in [3.63, 3.8) is 0 Å². The summed E-state index contributed by atoms with van der Waals surface area (Å²) in [5.41, 5.74) is 0.419. The van der Waals surface area contributed by atoms with Crippen LogP contribution in [0.4, 0.5) is 10.5 Å². The van der Waals surface area contributed by atoms with E-state index in [1.165, 1.54) is 10.7 Å². The van der Waals surface area contributed by atoms with E-state index in [2.05, 4.69) is 10.4 Å². The van der Waals surface area contributed by atoms with E-state index in [-0.39, 0.29) is 37.9 Å². The molecule has 8 nitrogen and oxygen atoms in total. The smallest absolute Gasteiger partial charge is 0.306 e. The molecule has 12 heteroatoms. The van der Waals surface area contributed by atoms with Crippen molar-refractivity contribution in [2.75, 3.05) is 36.8 Å². The Bertz CT molecular complexity index is 663. The number of amides is 2. The lowest BCUT2D eigenvalue weighted by Gasteiger charge is -2.39. The summed E-state index contributed by atoms with van der Waals surface area (Å²) >= 11 is 17.4. The highest BCUT2D eigenvalue weighted by molar-refractivity contribution is 7.54. The number of nitrogens with zero attached hydrogens (tertiary/aromatic N) is 2. The van der Waals surface area contributed by atoms with Crippen molar-refractivity contribution in [3.05, 3.63) is 29.3 Å². The van der Waals surface area contributed by atoms with E-state index in [1.54, 1.807) is 18.2 Å². The Balaban J connectivity index is 2.05. The van der Waals surface area contributed by atoms with Crippen molar-refractivity contribution in [2.45, 2.75) is 12.6 Å². The Morgan fingerprint density at radius 1 is 1.38 bits per heavy atom. The highest BCUT2D eigenvalue weighted by Crippen LogP contribution is 2.49. The third-order valence-electron chi connectivity index (χ3n) is 3.61. The first kappa shape index (κ1) is 21.7. The van der Waals surface area contributed by atoms with Gasteiger partial charge in [0.15, 0.2) is 0 Å². The van der Waals surface area contributed by atoms with Crippen LogP contribution in [-0.4, -0.2) is 58.6 Å². The number of carbonyl (C=O) groups excluding carboxylic acids is 1. The molecule has 0 spiro atoms. The van der Waals surface area contributed by atoms with Gasteiger partial charge >= 0.3 is 13.7 Å². The van der Waals surface area contributed by atoms with Gasteiger partial charge < -0.3 is 9.84 Å². The normalized spacial score (nSPS) is 23.0. The van der Waals surface area contributed by atoms with Crippen molar-refractivity contribution >= 4 is 54.2 Å². The lowest BCUT2D eigenvalue weighted by molar-refractivity contribution is -0.0876. The van der Waals surface area contributed by atoms with Crippen LogP contribution in [0.15, 0.2) is 24.3 Å². The number of alkyl halides is 2. The molecule has 1 aliphatic rings. The Kier molecular flexibility index (Phi) is 8.44. The van der Waals surface area contributed by atoms with Crippen molar-refractivity contribution < 1.29 is 19.1 Å². The summed E-state index contributed by atoms with van der Waals surface area (Å²) in [5.74, 6) is 0.462. The first-order valence-corrected chi connectivity index (χ1v) is 10.9. The molecule has 146 valence electrons. The van der Waals surface area contributed by atoms with E-state index in [1.807, 2.05) is 0 Å². The summed E-state index contributed by atoms with van der Waals surface area (Å²) in [6.45, 7) is 0.661. The summed E-state index contributed by atoms with van der Waals surface area (Å²) in [6.07, 6.45) is -0.652. The minimum atomic E-state index is -3.48. The Labute approximate surface area is 166 Å². The highest BCUT2D eigenvalue weighted by atomic mass is 35.5. The highest BCUT2D eigenvalue weighted by Gasteiger charge is 2.40. The maximum Gasteiger partial charge on any atom is 0.347 e. The topological polar surface area (TPSA) is 94.1 Å². The molecule has 2 rings (SSSR count). The second-order valence-corrected chi connectivity index (χ2v) is 8.72. The quantitative estimate of drug-likeness (QED) is 0.256. The monoisotopic (exact) mass is 444 g/mol. The Hall–Kier alpha value is -0.570. The van der Waals surface area contributed by atoms with Gasteiger partial charge in [0.2, 0.25) is 0 Å². The standard InChI is InChI=1S/C14H20Cl3N4O4P/c15-5-7-20(8-6-16)26(24)19-13(4-9-25-26)21(23)14(22)18-12-3-1-2-11(17)10-12/h1-3,10,13,23H,4-9H2,(H,18,22)(H,19,24). The molecule has 2 atom stereocenters. The Morgan fingerprint density at radius 3 is 2.69 bits per heavy atom. The van der Waals surface area contributed by atoms with Crippen LogP contribution >= 0.6 is 42.5 Å². The SMILES string of the molecule is O=C(Nc1cccc(Cl)c1)N(O)C1CCOP(=O)(N(CCCl)CCCl)N1. The minimum absolute atomic E-state index is 0.0948. The molecule has 0 bridgehead atoms. The average Bonchev–Trinajstić information content (AvgIpc) is 2.61. The number of urea groups is 1. The molecule has 26 heavy (non-hydrogen) atoms. The molecular formula is C14H20Cl3N4O4P. The van der Waals surface area contributed by atoms with E-state index < -0.39 is 19.9 Å². The van der Waals surface area contributed by atoms with Crippen LogP contribution in [-0.2, 0) is 9.09 Å². The summed E-state index contributed by atoms with van der Waals surface area (Å²) in [7, 11) is -3.48. The fourth-order valence-electron chi connectivity index (χ4n) is 2.38. The lowest BCUT2D eigenvalue weighted by Crippen LogP contribution is -2.52. The molecule has 2 amide bonds. The zero-order chi connectivity index (χ0) is 19.2. The number of hydrogen-bond acceptors (Lipinski definition) is 4. The summed E-state index contributed by atoms with van der Waals surface area (Å²) in [5, 5.41) is 16.3. The van der Waals surface area contributed by atoms with E-state index >= 15 is 0 Å². The fraction of sp³-hybridized carbons (Fsp3) is 0.500. The molecule has 0 aromatic heterocycles.